The average molecular weight is 343 g/mol. The fraction of sp³-hybridized carbons (Fsp3) is 0.600. The number of nitrogens with one attached hydrogen (secondary N) is 1. The van der Waals surface area contributed by atoms with Crippen LogP contribution >= 0.6 is 11.6 Å². The number of aromatic amines is 1. The second-order valence-electron chi connectivity index (χ2n) is 5.58. The van der Waals surface area contributed by atoms with Crippen LogP contribution in [0.2, 0.25) is 0 Å². The predicted molar refractivity (Wildman–Crippen MR) is 84.3 cm³/mol. The first kappa shape index (κ1) is 17.8. The van der Waals surface area contributed by atoms with Gasteiger partial charge in [0.05, 0.1) is 18.8 Å². The number of rotatable bonds is 3. The smallest absolute Gasteiger partial charge is 0.330 e. The van der Waals surface area contributed by atoms with Gasteiger partial charge >= 0.3 is 5.69 Å². The van der Waals surface area contributed by atoms with Gasteiger partial charge in [-0.2, -0.15) is 0 Å². The number of aryl methyl sites for hydroxylation is 1. The summed E-state index contributed by atoms with van der Waals surface area (Å²) in [6.07, 6.45) is -2.79. The molecule has 1 aromatic rings. The highest BCUT2D eigenvalue weighted by Gasteiger charge is 2.57. The summed E-state index contributed by atoms with van der Waals surface area (Å²) >= 11 is 6.64. The highest BCUT2D eigenvalue weighted by atomic mass is 35.5. The maximum Gasteiger partial charge on any atom is 0.330 e. The summed E-state index contributed by atoms with van der Waals surface area (Å²) in [5.74, 6) is 4.77. The third-order valence-corrected chi connectivity index (χ3v) is 4.54. The zero-order chi connectivity index (χ0) is 17.4. The van der Waals surface area contributed by atoms with E-state index >= 15 is 0 Å². The fourth-order valence-corrected chi connectivity index (χ4v) is 3.40. The predicted octanol–water partition coefficient (Wildman–Crippen LogP) is -0.267. The summed E-state index contributed by atoms with van der Waals surface area (Å²) < 4.78 is 6.96. The summed E-state index contributed by atoms with van der Waals surface area (Å²) in [4.78, 5) is 24.3. The van der Waals surface area contributed by atoms with Crippen molar-refractivity contribution < 1.29 is 14.9 Å². The molecule has 1 fully saturated rings. The van der Waals surface area contributed by atoms with Crippen LogP contribution in [-0.2, 0) is 4.74 Å². The van der Waals surface area contributed by atoms with Crippen molar-refractivity contribution in [1.29, 1.82) is 0 Å². The molecule has 3 N–H and O–H groups in total. The number of alkyl halides is 1. The van der Waals surface area contributed by atoms with Gasteiger partial charge in [-0.15, -0.1) is 5.92 Å². The lowest BCUT2D eigenvalue weighted by Crippen LogP contribution is -2.44. The zero-order valence-electron chi connectivity index (χ0n) is 13.0. The Kier molecular flexibility index (Phi) is 5.01. The van der Waals surface area contributed by atoms with Gasteiger partial charge in [0.25, 0.3) is 5.56 Å². The van der Waals surface area contributed by atoms with Crippen molar-refractivity contribution in [3.8, 4) is 11.8 Å². The van der Waals surface area contributed by atoms with Gasteiger partial charge in [-0.3, -0.25) is 14.3 Å². The van der Waals surface area contributed by atoms with Gasteiger partial charge in [-0.05, 0) is 20.8 Å². The number of aromatic nitrogens is 2. The maximum atomic E-state index is 12.2. The highest BCUT2D eigenvalue weighted by Crippen LogP contribution is 2.47. The Morgan fingerprint density at radius 2 is 2.22 bits per heavy atom. The molecule has 0 bridgehead atoms. The van der Waals surface area contributed by atoms with Crippen LogP contribution in [-0.4, -0.2) is 43.5 Å². The number of halogens is 1. The highest BCUT2D eigenvalue weighted by molar-refractivity contribution is 6.26. The molecule has 2 heterocycles. The molecular formula is C15H19ClN2O5. The van der Waals surface area contributed by atoms with E-state index in [1.807, 2.05) is 0 Å². The first-order valence-corrected chi connectivity index (χ1v) is 7.53. The molecule has 5 atom stereocenters. The lowest BCUT2D eigenvalue weighted by Gasteiger charge is -2.28. The topological polar surface area (TPSA) is 105 Å². The number of hydrogen-bond acceptors (Lipinski definition) is 5. The van der Waals surface area contributed by atoms with Crippen LogP contribution in [0.5, 0.6) is 0 Å². The molecule has 1 saturated heterocycles. The summed E-state index contributed by atoms with van der Waals surface area (Å²) in [7, 11) is 0. The van der Waals surface area contributed by atoms with Crippen LogP contribution in [0.4, 0.5) is 0 Å². The Morgan fingerprint density at radius 1 is 1.57 bits per heavy atom. The Bertz CT molecular complexity index is 760. The van der Waals surface area contributed by atoms with E-state index < -0.39 is 40.5 Å². The zero-order valence-corrected chi connectivity index (χ0v) is 13.8. The minimum atomic E-state index is -1.42. The summed E-state index contributed by atoms with van der Waals surface area (Å²) in [6.45, 7) is 4.28. The fourth-order valence-electron chi connectivity index (χ4n) is 2.96. The summed E-state index contributed by atoms with van der Waals surface area (Å²) in [5, 5.41) is 19.6. The molecule has 1 aliphatic heterocycles. The Morgan fingerprint density at radius 3 is 2.70 bits per heavy atom. The van der Waals surface area contributed by atoms with Gasteiger partial charge in [-0.1, -0.05) is 17.5 Å². The number of H-pyrrole nitrogens is 1. The molecule has 0 saturated carbocycles. The number of hydrogen-bond donors (Lipinski definition) is 3. The van der Waals surface area contributed by atoms with Crippen molar-refractivity contribution in [1.82, 2.24) is 9.55 Å². The van der Waals surface area contributed by atoms with Crippen LogP contribution in [0.3, 0.4) is 0 Å². The molecular weight excluding hydrogens is 324 g/mol. The molecule has 1 aliphatic rings. The monoisotopic (exact) mass is 342 g/mol. The van der Waals surface area contributed by atoms with E-state index in [4.69, 9.17) is 16.3 Å². The van der Waals surface area contributed by atoms with Gasteiger partial charge in [0.1, 0.15) is 0 Å². The summed E-state index contributed by atoms with van der Waals surface area (Å²) in [5.41, 5.74) is -0.880. The second kappa shape index (κ2) is 6.49. The van der Waals surface area contributed by atoms with Crippen molar-refractivity contribution in [3.63, 3.8) is 0 Å². The van der Waals surface area contributed by atoms with Crippen molar-refractivity contribution in [2.75, 3.05) is 6.61 Å². The maximum absolute atomic E-state index is 12.2. The van der Waals surface area contributed by atoms with E-state index in [9.17, 15) is 19.8 Å². The van der Waals surface area contributed by atoms with Gasteiger partial charge in [0.15, 0.2) is 11.1 Å². The lowest BCUT2D eigenvalue weighted by atomic mass is 9.87. The van der Waals surface area contributed by atoms with E-state index in [1.54, 1.807) is 13.8 Å². The first-order chi connectivity index (χ1) is 10.8. The van der Waals surface area contributed by atoms with E-state index in [0.717, 1.165) is 0 Å². The van der Waals surface area contributed by atoms with Crippen LogP contribution in [0.25, 0.3) is 0 Å². The molecule has 0 spiro atoms. The van der Waals surface area contributed by atoms with E-state index in [1.165, 1.54) is 17.6 Å². The number of aliphatic hydroxyl groups excluding tert-OH is 2. The minimum Gasteiger partial charge on any atom is -0.396 e. The van der Waals surface area contributed by atoms with Crippen LogP contribution < -0.4 is 11.2 Å². The SMILES string of the molecule is CC#CC1(Cl)C(CO)[C@@H]([C@H](C)O)O[C@H]1n1c(C)cc(=O)[nH]c1=O. The molecule has 1 aromatic heterocycles. The molecule has 0 radical (unpaired) electrons. The second-order valence-corrected chi connectivity index (χ2v) is 6.20. The average Bonchev–Trinajstić information content (AvgIpc) is 2.71. The number of aliphatic hydroxyl groups is 2. The Balaban J connectivity index is 2.67. The van der Waals surface area contributed by atoms with Gasteiger partial charge in [0, 0.05) is 17.7 Å². The van der Waals surface area contributed by atoms with Crippen LogP contribution in [0, 0.1) is 24.7 Å². The lowest BCUT2D eigenvalue weighted by molar-refractivity contribution is -0.0693. The third kappa shape index (κ3) is 2.95. The summed E-state index contributed by atoms with van der Waals surface area (Å²) in [6, 6.07) is 1.24. The van der Waals surface area contributed by atoms with Crippen molar-refractivity contribution in [2.45, 2.75) is 44.1 Å². The van der Waals surface area contributed by atoms with Crippen LogP contribution in [0.15, 0.2) is 15.7 Å². The van der Waals surface area contributed by atoms with E-state index in [-0.39, 0.29) is 6.61 Å². The van der Waals surface area contributed by atoms with Crippen molar-refractivity contribution in [3.05, 3.63) is 32.6 Å². The quantitative estimate of drug-likeness (QED) is 0.518. The van der Waals surface area contributed by atoms with Gasteiger partial charge in [0.2, 0.25) is 0 Å². The van der Waals surface area contributed by atoms with Crippen molar-refractivity contribution >= 4 is 11.6 Å². The molecule has 2 rings (SSSR count). The third-order valence-electron chi connectivity index (χ3n) is 3.97. The molecule has 8 heteroatoms. The standard InChI is InChI=1S/C15H19ClN2O5/c1-4-5-15(16)10(7-19)12(9(3)20)23-13(15)18-8(2)6-11(21)17-14(18)22/h6,9-10,12-13,19-20H,7H2,1-3H3,(H,17,21,22)/t9-,10?,12+,13+,15?/m0/s1. The number of nitrogens with zero attached hydrogens (tertiary/aromatic N) is 1. The first-order valence-electron chi connectivity index (χ1n) is 7.16. The minimum absolute atomic E-state index is 0.342. The molecule has 126 valence electrons. The molecule has 0 amide bonds. The van der Waals surface area contributed by atoms with Gasteiger partial charge in [-0.25, -0.2) is 4.79 Å². The molecule has 23 heavy (non-hydrogen) atoms. The normalized spacial score (nSPS) is 31.5. The van der Waals surface area contributed by atoms with Gasteiger partial charge < -0.3 is 14.9 Å². The number of ether oxygens (including phenoxy) is 1. The Hall–Kier alpha value is -1.59. The molecule has 0 aromatic carbocycles. The van der Waals surface area contributed by atoms with E-state index in [2.05, 4.69) is 16.8 Å². The Labute approximate surface area is 137 Å². The molecule has 7 nitrogen and oxygen atoms in total. The van der Waals surface area contributed by atoms with E-state index in [0.29, 0.717) is 5.69 Å². The van der Waals surface area contributed by atoms with Crippen molar-refractivity contribution in [2.24, 2.45) is 5.92 Å². The van der Waals surface area contributed by atoms with Crippen LogP contribution in [0.1, 0.15) is 25.8 Å². The molecule has 2 unspecified atom stereocenters. The molecule has 0 aliphatic carbocycles. The largest absolute Gasteiger partial charge is 0.396 e.